The summed E-state index contributed by atoms with van der Waals surface area (Å²) in [5.74, 6) is -8.28. The van der Waals surface area contributed by atoms with Gasteiger partial charge in [-0.1, -0.05) is 90.4 Å². The molecule has 392 valence electrons. The molecule has 0 aromatic rings. The van der Waals surface area contributed by atoms with Crippen molar-refractivity contribution in [1.29, 1.82) is 0 Å². The van der Waals surface area contributed by atoms with Crippen LogP contribution in [0.15, 0.2) is 0 Å². The Balaban J connectivity index is 0. The van der Waals surface area contributed by atoms with Gasteiger partial charge < -0.3 is 51.2 Å². The van der Waals surface area contributed by atoms with Crippen LogP contribution in [0.2, 0.25) is 0 Å². The Kier molecular flexibility index (Phi) is 38.0. The summed E-state index contributed by atoms with van der Waals surface area (Å²) >= 11 is 0. The highest BCUT2D eigenvalue weighted by Gasteiger charge is 2.25. The minimum absolute atomic E-state index is 0. The van der Waals surface area contributed by atoms with E-state index in [0.717, 1.165) is 57.8 Å². The number of ether oxygens (including phenoxy) is 2. The van der Waals surface area contributed by atoms with Crippen molar-refractivity contribution in [3.05, 3.63) is 0 Å². The van der Waals surface area contributed by atoms with Crippen molar-refractivity contribution >= 4 is 59.1 Å². The highest BCUT2D eigenvalue weighted by atomic mass is 16.5. The molecule has 0 aliphatic carbocycles. The van der Waals surface area contributed by atoms with Gasteiger partial charge in [0.1, 0.15) is 24.5 Å². The zero-order valence-corrected chi connectivity index (χ0v) is 40.6. The molecule has 0 spiro atoms. The Morgan fingerprint density at radius 1 is 0.456 bits per heavy atom. The highest BCUT2D eigenvalue weighted by Crippen LogP contribution is 2.16. The molecule has 0 bridgehead atoms. The number of Topliss-reactive ketones (excluding diaryl/α,β-unsaturated/α-hetero) is 2. The molecule has 0 aliphatic heterocycles. The maximum Gasteiger partial charge on any atom is 0.326 e. The fourth-order valence-corrected chi connectivity index (χ4v) is 7.09. The van der Waals surface area contributed by atoms with Crippen molar-refractivity contribution in [2.24, 2.45) is 11.8 Å². The van der Waals surface area contributed by atoms with Gasteiger partial charge in [-0.15, -0.1) is 0 Å². The van der Waals surface area contributed by atoms with Crippen LogP contribution in [0.5, 0.6) is 0 Å². The van der Waals surface area contributed by atoms with E-state index in [-0.39, 0.29) is 96.8 Å². The lowest BCUT2D eigenvalue weighted by atomic mass is 9.97. The molecular formula is C48H84N4O16. The molecule has 20 nitrogen and oxygen atoms in total. The van der Waals surface area contributed by atoms with Gasteiger partial charge in [0.05, 0.1) is 25.7 Å². The molecule has 0 fully saturated rings. The van der Waals surface area contributed by atoms with Gasteiger partial charge in [0.15, 0.2) is 5.78 Å². The van der Waals surface area contributed by atoms with Crippen LogP contribution in [0.25, 0.3) is 0 Å². The summed E-state index contributed by atoms with van der Waals surface area (Å²) in [5.41, 5.74) is 0. The molecule has 0 radical (unpaired) electrons. The molecule has 4 atom stereocenters. The largest absolute Gasteiger partial charge is 0.481 e. The average molecular weight is 973 g/mol. The number of nitrogens with one attached hydrogen (secondary N) is 4. The number of aliphatic carboxylic acids is 4. The first-order chi connectivity index (χ1) is 32.4. The Hall–Kier alpha value is -4.98. The van der Waals surface area contributed by atoms with E-state index in [9.17, 15) is 63.3 Å². The number of carbonyl (C=O) groups excluding carboxylic acids is 6. The molecule has 0 aromatic heterocycles. The number of hydrogen-bond acceptors (Lipinski definition) is 12. The number of ketones is 2. The molecule has 8 N–H and O–H groups in total. The van der Waals surface area contributed by atoms with Crippen molar-refractivity contribution in [2.45, 2.75) is 193 Å². The van der Waals surface area contributed by atoms with Crippen LogP contribution < -0.4 is 21.3 Å². The number of carboxylic acids is 4. The summed E-state index contributed by atoms with van der Waals surface area (Å²) in [6.45, 7) is 3.55. The molecule has 0 heterocycles. The van der Waals surface area contributed by atoms with Gasteiger partial charge >= 0.3 is 23.9 Å². The van der Waals surface area contributed by atoms with E-state index >= 15 is 0 Å². The zero-order valence-electron chi connectivity index (χ0n) is 40.6. The van der Waals surface area contributed by atoms with E-state index in [4.69, 9.17) is 14.6 Å². The van der Waals surface area contributed by atoms with Crippen molar-refractivity contribution in [3.8, 4) is 0 Å². The third kappa shape index (κ3) is 38.0. The van der Waals surface area contributed by atoms with Crippen molar-refractivity contribution in [2.75, 3.05) is 39.5 Å². The second-order valence-corrected chi connectivity index (χ2v) is 17.5. The number of hydrogen-bond donors (Lipinski definition) is 8. The zero-order chi connectivity index (χ0) is 51.0. The highest BCUT2D eigenvalue weighted by molar-refractivity contribution is 5.87. The molecule has 0 unspecified atom stereocenters. The molecule has 0 saturated heterocycles. The maximum absolute atomic E-state index is 12.5. The van der Waals surface area contributed by atoms with Gasteiger partial charge in [-0.05, 0) is 51.9 Å². The van der Waals surface area contributed by atoms with E-state index in [1.54, 1.807) is 0 Å². The van der Waals surface area contributed by atoms with Gasteiger partial charge in [0.2, 0.25) is 23.6 Å². The van der Waals surface area contributed by atoms with E-state index in [0.29, 0.717) is 25.8 Å². The van der Waals surface area contributed by atoms with E-state index in [1.165, 1.54) is 39.0 Å². The van der Waals surface area contributed by atoms with Crippen LogP contribution >= 0.6 is 0 Å². The summed E-state index contributed by atoms with van der Waals surface area (Å²) in [4.78, 5) is 119. The molecule has 0 aliphatic rings. The Labute approximate surface area is 403 Å². The van der Waals surface area contributed by atoms with E-state index < -0.39 is 78.4 Å². The summed E-state index contributed by atoms with van der Waals surface area (Å²) in [6, 6.07) is -2.57. The van der Waals surface area contributed by atoms with Gasteiger partial charge in [-0.25, -0.2) is 9.59 Å². The van der Waals surface area contributed by atoms with Gasteiger partial charge in [0.25, 0.3) is 0 Å². The first kappa shape index (κ1) is 63.0. The number of carboxylic acid groups (broad SMARTS) is 4. The topological polar surface area (TPSA) is 318 Å². The van der Waals surface area contributed by atoms with E-state index in [1.807, 2.05) is 6.92 Å². The lowest BCUT2D eigenvalue weighted by Crippen LogP contribution is -2.42. The SMILES string of the molecule is CC(=O)[C@@H](C)CCCCNC(=O)CC[C@H](NC(=O)CC[C@H](CC(=O)COCCOCCNC(=O)CC[C@H](NC(=O)CCCCCCCCCCCCCCCCC(=O)O)C(=O)O)C(=O)O)C(=O)O.[HH]. The third-order valence-corrected chi connectivity index (χ3v) is 11.5. The van der Waals surface area contributed by atoms with Crippen LogP contribution in [-0.4, -0.2) is 131 Å². The number of amides is 4. The lowest BCUT2D eigenvalue weighted by Gasteiger charge is -2.16. The van der Waals surface area contributed by atoms with Crippen LogP contribution in [0.4, 0.5) is 0 Å². The Morgan fingerprint density at radius 2 is 0.897 bits per heavy atom. The molecule has 68 heavy (non-hydrogen) atoms. The van der Waals surface area contributed by atoms with Gasteiger partial charge in [-0.3, -0.25) is 38.4 Å². The predicted molar refractivity (Wildman–Crippen MR) is 253 cm³/mol. The average Bonchev–Trinajstić information content (AvgIpc) is 3.27. The first-order valence-electron chi connectivity index (χ1n) is 24.6. The minimum atomic E-state index is -1.37. The fourth-order valence-electron chi connectivity index (χ4n) is 7.09. The summed E-state index contributed by atoms with van der Waals surface area (Å²) in [7, 11) is 0. The first-order valence-corrected chi connectivity index (χ1v) is 24.6. The number of carbonyl (C=O) groups is 10. The molecule has 0 saturated carbocycles. The lowest BCUT2D eigenvalue weighted by molar-refractivity contribution is -0.145. The summed E-state index contributed by atoms with van der Waals surface area (Å²) in [5, 5.41) is 47.4. The van der Waals surface area contributed by atoms with Gasteiger partial charge in [0, 0.05) is 59.0 Å². The molecule has 20 heteroatoms. The maximum atomic E-state index is 12.5. The van der Waals surface area contributed by atoms with Crippen LogP contribution in [0.1, 0.15) is 182 Å². The predicted octanol–water partition coefficient (Wildman–Crippen LogP) is 5.36. The molecule has 0 aromatic carbocycles. The summed E-state index contributed by atoms with van der Waals surface area (Å²) < 4.78 is 10.6. The molecule has 0 rings (SSSR count). The smallest absolute Gasteiger partial charge is 0.326 e. The van der Waals surface area contributed by atoms with Gasteiger partial charge in [-0.2, -0.15) is 0 Å². The minimum Gasteiger partial charge on any atom is -0.481 e. The Morgan fingerprint density at radius 3 is 1.37 bits per heavy atom. The molecule has 4 amide bonds. The van der Waals surface area contributed by atoms with Crippen LogP contribution in [0.3, 0.4) is 0 Å². The normalized spacial score (nSPS) is 12.8. The van der Waals surface area contributed by atoms with Crippen molar-refractivity contribution in [3.63, 3.8) is 0 Å². The Bertz CT molecular complexity index is 1530. The molecular weight excluding hydrogens is 889 g/mol. The van der Waals surface area contributed by atoms with Crippen LogP contribution in [-0.2, 0) is 57.4 Å². The fraction of sp³-hybridized carbons (Fsp3) is 0.792. The van der Waals surface area contributed by atoms with Crippen molar-refractivity contribution < 1.29 is 79.3 Å². The number of unbranched alkanes of at least 4 members (excludes halogenated alkanes) is 14. The second-order valence-electron chi connectivity index (χ2n) is 17.5. The second kappa shape index (κ2) is 41.0. The standard InChI is InChI=1S/C48H82N4O16.H2/c1-35(36(2)53)19-17-18-28-49-41(55)26-23-40(48(65)66)52-44(58)25-22-37(46(61)62)33-38(54)34-68-32-31-67-30-29-50-42(56)27-24-39(47(63)64)51-43(57)20-15-13-11-9-7-5-3-4-6-8-10-12-14-16-21-45(59)60;/h35,37,39-40H,3-34H2,1-2H3,(H,49,55)(H,50,56)(H,51,57)(H,52,58)(H,59,60)(H,61,62)(H,63,64)(H,65,66);1H/t35-,37+,39-,40-;/m0./s1. The quantitative estimate of drug-likeness (QED) is 0.0356. The number of rotatable bonds is 47. The van der Waals surface area contributed by atoms with E-state index in [2.05, 4.69) is 21.3 Å². The monoisotopic (exact) mass is 973 g/mol. The third-order valence-electron chi connectivity index (χ3n) is 11.5. The van der Waals surface area contributed by atoms with Crippen molar-refractivity contribution in [1.82, 2.24) is 21.3 Å². The van der Waals surface area contributed by atoms with Crippen LogP contribution in [0, 0.1) is 11.8 Å². The summed E-state index contributed by atoms with van der Waals surface area (Å²) in [6.07, 6.45) is 15.7.